The summed E-state index contributed by atoms with van der Waals surface area (Å²) in [6, 6.07) is 8.13. The molecular formula is C12H15BrO2. The molecule has 2 nitrogen and oxygen atoms in total. The fourth-order valence-corrected chi connectivity index (χ4v) is 2.50. The molecule has 1 saturated heterocycles. The van der Waals surface area contributed by atoms with Crippen LogP contribution in [0, 0.1) is 5.92 Å². The van der Waals surface area contributed by atoms with Gasteiger partial charge in [-0.25, -0.2) is 0 Å². The van der Waals surface area contributed by atoms with Crippen LogP contribution in [-0.4, -0.2) is 18.3 Å². The van der Waals surface area contributed by atoms with Gasteiger partial charge in [-0.15, -0.1) is 0 Å². The Morgan fingerprint density at radius 1 is 1.47 bits per heavy atom. The van der Waals surface area contributed by atoms with Crippen LogP contribution in [0.1, 0.15) is 24.5 Å². The van der Waals surface area contributed by atoms with Gasteiger partial charge in [0.15, 0.2) is 0 Å². The van der Waals surface area contributed by atoms with Crippen LogP contribution in [0.2, 0.25) is 0 Å². The zero-order valence-electron chi connectivity index (χ0n) is 8.53. The number of benzene rings is 1. The fourth-order valence-electron chi connectivity index (χ4n) is 2.08. The van der Waals surface area contributed by atoms with Crippen molar-refractivity contribution in [2.45, 2.75) is 18.9 Å². The van der Waals surface area contributed by atoms with Crippen LogP contribution in [0.5, 0.6) is 0 Å². The molecule has 1 aliphatic heterocycles. The lowest BCUT2D eigenvalue weighted by molar-refractivity contribution is -0.0457. The van der Waals surface area contributed by atoms with E-state index in [0.29, 0.717) is 0 Å². The second kappa shape index (κ2) is 5.10. The van der Waals surface area contributed by atoms with Crippen LogP contribution in [0.15, 0.2) is 28.7 Å². The second-order valence-corrected chi connectivity index (χ2v) is 4.85. The molecule has 82 valence electrons. The van der Waals surface area contributed by atoms with Gasteiger partial charge in [-0.05, 0) is 30.5 Å². The minimum absolute atomic E-state index is 0.0567. The Morgan fingerprint density at radius 3 is 3.07 bits per heavy atom. The van der Waals surface area contributed by atoms with Crippen molar-refractivity contribution >= 4 is 15.9 Å². The Labute approximate surface area is 98.4 Å². The first-order valence-electron chi connectivity index (χ1n) is 5.29. The second-order valence-electron chi connectivity index (χ2n) is 3.93. The molecule has 2 atom stereocenters. The predicted octanol–water partition coefficient (Wildman–Crippen LogP) is 2.91. The molecule has 3 heteroatoms. The molecule has 2 unspecified atom stereocenters. The quantitative estimate of drug-likeness (QED) is 0.896. The third-order valence-corrected chi connectivity index (χ3v) is 3.35. The van der Waals surface area contributed by atoms with Crippen LogP contribution in [0.4, 0.5) is 0 Å². The van der Waals surface area contributed by atoms with Crippen molar-refractivity contribution in [3.8, 4) is 0 Å². The van der Waals surface area contributed by atoms with Crippen LogP contribution in [-0.2, 0) is 4.74 Å². The molecule has 0 radical (unpaired) electrons. The molecule has 1 aliphatic rings. The molecule has 2 rings (SSSR count). The van der Waals surface area contributed by atoms with E-state index in [1.807, 2.05) is 12.1 Å². The van der Waals surface area contributed by atoms with Gasteiger partial charge in [0.05, 0.1) is 6.10 Å². The van der Waals surface area contributed by atoms with E-state index < -0.39 is 0 Å². The summed E-state index contributed by atoms with van der Waals surface area (Å²) in [4.78, 5) is 0. The van der Waals surface area contributed by atoms with E-state index in [1.54, 1.807) is 0 Å². The van der Waals surface area contributed by atoms with E-state index in [9.17, 15) is 5.11 Å². The largest absolute Gasteiger partial charge is 0.396 e. The van der Waals surface area contributed by atoms with Crippen LogP contribution in [0.25, 0.3) is 0 Å². The molecule has 0 saturated carbocycles. The molecule has 0 aromatic heterocycles. The van der Waals surface area contributed by atoms with Crippen molar-refractivity contribution in [1.82, 2.24) is 0 Å². The van der Waals surface area contributed by atoms with Crippen LogP contribution in [0.3, 0.4) is 0 Å². The van der Waals surface area contributed by atoms with Crippen molar-refractivity contribution in [2.24, 2.45) is 5.92 Å². The maximum atomic E-state index is 9.30. The topological polar surface area (TPSA) is 29.5 Å². The average molecular weight is 271 g/mol. The zero-order chi connectivity index (χ0) is 10.7. The smallest absolute Gasteiger partial charge is 0.0875 e. The summed E-state index contributed by atoms with van der Waals surface area (Å²) in [7, 11) is 0. The lowest BCUT2D eigenvalue weighted by Gasteiger charge is -2.30. The van der Waals surface area contributed by atoms with E-state index in [4.69, 9.17) is 4.74 Å². The molecule has 1 fully saturated rings. The number of hydrogen-bond acceptors (Lipinski definition) is 2. The molecule has 0 spiro atoms. The maximum absolute atomic E-state index is 9.30. The standard InChI is InChI=1S/C12H15BrO2/c13-11-5-1-3-9(7-11)12-10(8-14)4-2-6-15-12/h1,3,5,7,10,12,14H,2,4,6,8H2. The summed E-state index contributed by atoms with van der Waals surface area (Å²) in [6.45, 7) is 1.00. The number of aliphatic hydroxyl groups excluding tert-OH is 1. The molecule has 0 amide bonds. The number of hydrogen-bond donors (Lipinski definition) is 1. The van der Waals surface area contributed by atoms with Gasteiger partial charge >= 0.3 is 0 Å². The molecular weight excluding hydrogens is 256 g/mol. The lowest BCUT2D eigenvalue weighted by atomic mass is 9.90. The molecule has 0 aliphatic carbocycles. The molecule has 0 bridgehead atoms. The Bertz CT molecular complexity index is 327. The van der Waals surface area contributed by atoms with Crippen LogP contribution < -0.4 is 0 Å². The molecule has 1 N–H and O–H groups in total. The number of aliphatic hydroxyl groups is 1. The predicted molar refractivity (Wildman–Crippen MR) is 62.6 cm³/mol. The van der Waals surface area contributed by atoms with Gasteiger partial charge in [0.25, 0.3) is 0 Å². The molecule has 15 heavy (non-hydrogen) atoms. The first kappa shape index (κ1) is 11.1. The van der Waals surface area contributed by atoms with Gasteiger partial charge in [-0.1, -0.05) is 28.1 Å². The van der Waals surface area contributed by atoms with Gasteiger partial charge < -0.3 is 9.84 Å². The van der Waals surface area contributed by atoms with E-state index in [1.165, 1.54) is 0 Å². The number of rotatable bonds is 2. The summed E-state index contributed by atoms with van der Waals surface area (Å²) in [5.41, 5.74) is 1.16. The molecule has 1 aromatic rings. The van der Waals surface area contributed by atoms with Crippen LogP contribution >= 0.6 is 15.9 Å². The van der Waals surface area contributed by atoms with Gasteiger partial charge in [-0.2, -0.15) is 0 Å². The lowest BCUT2D eigenvalue weighted by Crippen LogP contribution is -2.25. The Balaban J connectivity index is 2.20. The number of ether oxygens (including phenoxy) is 1. The molecule has 1 aromatic carbocycles. The zero-order valence-corrected chi connectivity index (χ0v) is 10.1. The van der Waals surface area contributed by atoms with E-state index in [-0.39, 0.29) is 18.6 Å². The normalized spacial score (nSPS) is 26.5. The summed E-state index contributed by atoms with van der Waals surface area (Å²) in [6.07, 6.45) is 2.16. The van der Waals surface area contributed by atoms with Crippen molar-refractivity contribution in [1.29, 1.82) is 0 Å². The number of halogens is 1. The summed E-state index contributed by atoms with van der Waals surface area (Å²) < 4.78 is 6.80. The van der Waals surface area contributed by atoms with Gasteiger partial charge in [-0.3, -0.25) is 0 Å². The van der Waals surface area contributed by atoms with E-state index in [0.717, 1.165) is 29.5 Å². The Morgan fingerprint density at radius 2 is 2.33 bits per heavy atom. The highest BCUT2D eigenvalue weighted by Crippen LogP contribution is 2.34. The van der Waals surface area contributed by atoms with Crippen molar-refractivity contribution in [3.05, 3.63) is 34.3 Å². The average Bonchev–Trinajstić information content (AvgIpc) is 2.29. The minimum atomic E-state index is 0.0567. The summed E-state index contributed by atoms with van der Waals surface area (Å²) >= 11 is 3.45. The first-order valence-corrected chi connectivity index (χ1v) is 6.08. The maximum Gasteiger partial charge on any atom is 0.0875 e. The van der Waals surface area contributed by atoms with Crippen molar-refractivity contribution in [3.63, 3.8) is 0 Å². The highest BCUT2D eigenvalue weighted by Gasteiger charge is 2.26. The monoisotopic (exact) mass is 270 g/mol. The third-order valence-electron chi connectivity index (χ3n) is 2.86. The molecule has 1 heterocycles. The van der Waals surface area contributed by atoms with Gasteiger partial charge in [0, 0.05) is 23.6 Å². The van der Waals surface area contributed by atoms with Crippen molar-refractivity contribution in [2.75, 3.05) is 13.2 Å². The summed E-state index contributed by atoms with van der Waals surface area (Å²) in [5.74, 6) is 0.244. The first-order chi connectivity index (χ1) is 7.31. The Kier molecular flexibility index (Phi) is 3.78. The van der Waals surface area contributed by atoms with Gasteiger partial charge in [0.2, 0.25) is 0 Å². The van der Waals surface area contributed by atoms with Gasteiger partial charge in [0.1, 0.15) is 0 Å². The Hall–Kier alpha value is -0.380. The van der Waals surface area contributed by atoms with Crippen molar-refractivity contribution < 1.29 is 9.84 Å². The minimum Gasteiger partial charge on any atom is -0.396 e. The third kappa shape index (κ3) is 2.60. The van der Waals surface area contributed by atoms with E-state index in [2.05, 4.69) is 28.1 Å². The highest BCUT2D eigenvalue weighted by molar-refractivity contribution is 9.10. The fraction of sp³-hybridized carbons (Fsp3) is 0.500. The highest BCUT2D eigenvalue weighted by atomic mass is 79.9. The summed E-state index contributed by atoms with van der Waals surface area (Å²) in [5, 5.41) is 9.30. The van der Waals surface area contributed by atoms with E-state index >= 15 is 0 Å². The SMILES string of the molecule is OCC1CCCOC1c1cccc(Br)c1.